The van der Waals surface area contributed by atoms with Gasteiger partial charge in [-0.3, -0.25) is 0 Å². The summed E-state index contributed by atoms with van der Waals surface area (Å²) in [6.07, 6.45) is 1.80. The van der Waals surface area contributed by atoms with E-state index in [9.17, 15) is 8.42 Å². The van der Waals surface area contributed by atoms with E-state index in [2.05, 4.69) is 23.9 Å². The maximum absolute atomic E-state index is 12.5. The molecule has 0 saturated carbocycles. The lowest BCUT2D eigenvalue weighted by Crippen LogP contribution is -2.33. The molecule has 0 spiro atoms. The van der Waals surface area contributed by atoms with Crippen molar-refractivity contribution in [2.45, 2.75) is 71.0 Å². The van der Waals surface area contributed by atoms with Crippen LogP contribution in [-0.2, 0) is 16.6 Å². The fourth-order valence-electron chi connectivity index (χ4n) is 2.19. The largest absolute Gasteiger partial charge is 0.310 e. The summed E-state index contributed by atoms with van der Waals surface area (Å²) < 4.78 is 27.8. The fourth-order valence-corrected chi connectivity index (χ4v) is 3.76. The fraction of sp³-hybridized carbons (Fsp3) is 0.625. The van der Waals surface area contributed by atoms with E-state index in [-0.39, 0.29) is 6.04 Å². The molecule has 0 saturated heterocycles. The molecule has 0 aliphatic heterocycles. The van der Waals surface area contributed by atoms with Gasteiger partial charge in [-0.15, -0.1) is 0 Å². The second-order valence-corrected chi connectivity index (χ2v) is 7.63. The van der Waals surface area contributed by atoms with Gasteiger partial charge in [0, 0.05) is 18.6 Å². The summed E-state index contributed by atoms with van der Waals surface area (Å²) in [7, 11) is -3.45. The van der Waals surface area contributed by atoms with Crippen molar-refractivity contribution in [1.82, 2.24) is 10.0 Å². The molecule has 120 valence electrons. The maximum Gasteiger partial charge on any atom is 0.241 e. The Morgan fingerprint density at radius 3 is 2.43 bits per heavy atom. The van der Waals surface area contributed by atoms with Gasteiger partial charge in [0.1, 0.15) is 0 Å². The molecule has 0 bridgehead atoms. The SMILES string of the molecule is CCCC(C)NS(=O)(=O)c1cc(CNC(C)C)ccc1C. The minimum absolute atomic E-state index is 0.0446. The predicted molar refractivity (Wildman–Crippen MR) is 87.8 cm³/mol. The van der Waals surface area contributed by atoms with Gasteiger partial charge in [0.05, 0.1) is 4.90 Å². The molecule has 2 N–H and O–H groups in total. The minimum Gasteiger partial charge on any atom is -0.310 e. The summed E-state index contributed by atoms with van der Waals surface area (Å²) >= 11 is 0. The number of benzene rings is 1. The van der Waals surface area contributed by atoms with E-state index in [4.69, 9.17) is 0 Å². The zero-order valence-electron chi connectivity index (χ0n) is 13.7. The van der Waals surface area contributed by atoms with Crippen molar-refractivity contribution >= 4 is 10.0 Å². The molecule has 0 heterocycles. The number of aryl methyl sites for hydroxylation is 1. The van der Waals surface area contributed by atoms with Gasteiger partial charge in [-0.25, -0.2) is 13.1 Å². The first-order valence-electron chi connectivity index (χ1n) is 7.61. The van der Waals surface area contributed by atoms with Crippen LogP contribution in [0.2, 0.25) is 0 Å². The number of hydrogen-bond donors (Lipinski definition) is 2. The Balaban J connectivity index is 2.96. The standard InChI is InChI=1S/C16H28N2O2S/c1-6-7-14(5)18-21(19,20)16-10-15(9-8-13(16)4)11-17-12(2)3/h8-10,12,14,17-18H,6-7,11H2,1-5H3. The zero-order chi connectivity index (χ0) is 16.0. The molecule has 1 aromatic rings. The lowest BCUT2D eigenvalue weighted by molar-refractivity contribution is 0.543. The highest BCUT2D eigenvalue weighted by Crippen LogP contribution is 2.18. The Kier molecular flexibility index (Phi) is 6.84. The average molecular weight is 312 g/mol. The summed E-state index contributed by atoms with van der Waals surface area (Å²) in [4.78, 5) is 0.383. The molecule has 1 aromatic carbocycles. The van der Waals surface area contributed by atoms with Crippen LogP contribution in [-0.4, -0.2) is 20.5 Å². The maximum atomic E-state index is 12.5. The first-order chi connectivity index (χ1) is 9.76. The van der Waals surface area contributed by atoms with Crippen LogP contribution in [0.25, 0.3) is 0 Å². The van der Waals surface area contributed by atoms with Crippen molar-refractivity contribution in [3.05, 3.63) is 29.3 Å². The van der Waals surface area contributed by atoms with Crippen LogP contribution in [0.5, 0.6) is 0 Å². The van der Waals surface area contributed by atoms with E-state index in [1.165, 1.54) is 0 Å². The Morgan fingerprint density at radius 2 is 1.86 bits per heavy atom. The Bertz CT molecular complexity index is 553. The highest BCUT2D eigenvalue weighted by molar-refractivity contribution is 7.89. The van der Waals surface area contributed by atoms with Gasteiger partial charge in [-0.05, 0) is 37.5 Å². The van der Waals surface area contributed by atoms with Crippen molar-refractivity contribution in [1.29, 1.82) is 0 Å². The summed E-state index contributed by atoms with van der Waals surface area (Å²) in [6, 6.07) is 5.94. The van der Waals surface area contributed by atoms with Gasteiger partial charge in [0.15, 0.2) is 0 Å². The lowest BCUT2D eigenvalue weighted by atomic mass is 10.1. The number of nitrogens with one attached hydrogen (secondary N) is 2. The van der Waals surface area contributed by atoms with Gasteiger partial charge in [0.25, 0.3) is 0 Å². The topological polar surface area (TPSA) is 58.2 Å². The third kappa shape index (κ3) is 5.77. The third-order valence-electron chi connectivity index (χ3n) is 3.33. The molecule has 1 atom stereocenters. The minimum atomic E-state index is -3.45. The molecule has 0 aromatic heterocycles. The van der Waals surface area contributed by atoms with Crippen LogP contribution in [0.4, 0.5) is 0 Å². The molecule has 0 fully saturated rings. The Labute approximate surface area is 129 Å². The van der Waals surface area contributed by atoms with Crippen LogP contribution < -0.4 is 10.0 Å². The summed E-state index contributed by atoms with van der Waals surface area (Å²) in [5, 5.41) is 3.31. The molecule has 21 heavy (non-hydrogen) atoms. The second-order valence-electron chi connectivity index (χ2n) is 5.95. The smallest absolute Gasteiger partial charge is 0.241 e. The van der Waals surface area contributed by atoms with Crippen molar-refractivity contribution in [2.75, 3.05) is 0 Å². The number of rotatable bonds is 8. The van der Waals surface area contributed by atoms with Crippen LogP contribution >= 0.6 is 0 Å². The summed E-state index contributed by atoms with van der Waals surface area (Å²) in [6.45, 7) is 10.6. The molecule has 0 radical (unpaired) electrons. The Hall–Kier alpha value is -0.910. The summed E-state index contributed by atoms with van der Waals surface area (Å²) in [5.74, 6) is 0. The lowest BCUT2D eigenvalue weighted by Gasteiger charge is -2.16. The van der Waals surface area contributed by atoms with E-state index in [1.807, 2.05) is 32.9 Å². The van der Waals surface area contributed by atoms with E-state index in [0.717, 1.165) is 24.0 Å². The van der Waals surface area contributed by atoms with Crippen LogP contribution in [0.3, 0.4) is 0 Å². The molecule has 1 rings (SSSR count). The van der Waals surface area contributed by atoms with Crippen molar-refractivity contribution in [3.63, 3.8) is 0 Å². The van der Waals surface area contributed by atoms with Gasteiger partial charge < -0.3 is 5.32 Å². The normalized spacial score (nSPS) is 13.6. The van der Waals surface area contributed by atoms with Crippen LogP contribution in [0.1, 0.15) is 51.7 Å². The highest BCUT2D eigenvalue weighted by atomic mass is 32.2. The van der Waals surface area contributed by atoms with E-state index in [0.29, 0.717) is 17.5 Å². The molecule has 4 nitrogen and oxygen atoms in total. The average Bonchev–Trinajstić information content (AvgIpc) is 2.37. The zero-order valence-corrected chi connectivity index (χ0v) is 14.5. The van der Waals surface area contributed by atoms with Crippen LogP contribution in [0, 0.1) is 6.92 Å². The number of hydrogen-bond acceptors (Lipinski definition) is 3. The molecule has 0 aliphatic carbocycles. The monoisotopic (exact) mass is 312 g/mol. The first-order valence-corrected chi connectivity index (χ1v) is 9.09. The van der Waals surface area contributed by atoms with Gasteiger partial charge in [-0.2, -0.15) is 0 Å². The van der Waals surface area contributed by atoms with Crippen LogP contribution in [0.15, 0.2) is 23.1 Å². The molecular weight excluding hydrogens is 284 g/mol. The number of sulfonamides is 1. The molecule has 0 aliphatic rings. The molecule has 1 unspecified atom stereocenters. The van der Waals surface area contributed by atoms with E-state index < -0.39 is 10.0 Å². The van der Waals surface area contributed by atoms with Gasteiger partial charge in [-0.1, -0.05) is 39.3 Å². The predicted octanol–water partition coefficient (Wildman–Crippen LogP) is 2.96. The van der Waals surface area contributed by atoms with E-state index >= 15 is 0 Å². The molecular formula is C16H28N2O2S. The summed E-state index contributed by atoms with van der Waals surface area (Å²) in [5.41, 5.74) is 1.76. The third-order valence-corrected chi connectivity index (χ3v) is 5.07. The molecule has 0 amide bonds. The van der Waals surface area contributed by atoms with Gasteiger partial charge >= 0.3 is 0 Å². The van der Waals surface area contributed by atoms with Crippen molar-refractivity contribution in [2.24, 2.45) is 0 Å². The molecule has 5 heteroatoms. The van der Waals surface area contributed by atoms with Crippen molar-refractivity contribution in [3.8, 4) is 0 Å². The second kappa shape index (κ2) is 7.92. The quantitative estimate of drug-likeness (QED) is 0.776. The van der Waals surface area contributed by atoms with Crippen molar-refractivity contribution < 1.29 is 8.42 Å². The van der Waals surface area contributed by atoms with E-state index in [1.54, 1.807) is 6.07 Å². The first kappa shape index (κ1) is 18.1. The Morgan fingerprint density at radius 1 is 1.19 bits per heavy atom. The highest BCUT2D eigenvalue weighted by Gasteiger charge is 2.19. The van der Waals surface area contributed by atoms with Gasteiger partial charge in [0.2, 0.25) is 10.0 Å².